The van der Waals surface area contributed by atoms with Crippen molar-refractivity contribution in [2.75, 3.05) is 26.3 Å². The van der Waals surface area contributed by atoms with E-state index in [9.17, 15) is 4.79 Å². The van der Waals surface area contributed by atoms with Gasteiger partial charge in [0.25, 0.3) is 0 Å². The molecule has 6 heteroatoms. The van der Waals surface area contributed by atoms with Crippen molar-refractivity contribution in [3.05, 3.63) is 69.2 Å². The summed E-state index contributed by atoms with van der Waals surface area (Å²) >= 11 is 12.2. The predicted molar refractivity (Wildman–Crippen MR) is 105 cm³/mol. The summed E-state index contributed by atoms with van der Waals surface area (Å²) in [6, 6.07) is 13.6. The normalized spacial score (nSPS) is 15.0. The highest BCUT2D eigenvalue weighted by Crippen LogP contribution is 2.24. The van der Waals surface area contributed by atoms with Gasteiger partial charge in [-0.05, 0) is 28.8 Å². The first-order valence-corrected chi connectivity index (χ1v) is 9.45. The molecule has 1 amide bonds. The number of amides is 1. The van der Waals surface area contributed by atoms with E-state index in [2.05, 4.69) is 34.5 Å². The van der Waals surface area contributed by atoms with Gasteiger partial charge < -0.3 is 10.1 Å². The Morgan fingerprint density at radius 3 is 2.27 bits per heavy atom. The second-order valence-corrected chi connectivity index (χ2v) is 7.17. The van der Waals surface area contributed by atoms with Crippen LogP contribution in [0, 0.1) is 0 Å². The molecule has 0 atom stereocenters. The van der Waals surface area contributed by atoms with E-state index in [-0.39, 0.29) is 12.3 Å². The predicted octanol–water partition coefficient (Wildman–Crippen LogP) is 3.68. The number of carbonyl (C=O) groups excluding carboxylic acids is 1. The van der Waals surface area contributed by atoms with Crippen molar-refractivity contribution in [1.29, 1.82) is 0 Å². The Morgan fingerprint density at radius 1 is 1.00 bits per heavy atom. The molecule has 0 aromatic heterocycles. The van der Waals surface area contributed by atoms with Crippen molar-refractivity contribution in [1.82, 2.24) is 10.2 Å². The minimum absolute atomic E-state index is 0.0996. The number of hydrogen-bond donors (Lipinski definition) is 1. The van der Waals surface area contributed by atoms with Gasteiger partial charge in [0.2, 0.25) is 5.91 Å². The Hall–Kier alpha value is -1.59. The van der Waals surface area contributed by atoms with Gasteiger partial charge in [-0.25, -0.2) is 0 Å². The second kappa shape index (κ2) is 9.38. The molecule has 1 saturated heterocycles. The van der Waals surface area contributed by atoms with Crippen LogP contribution >= 0.6 is 23.2 Å². The Bertz CT molecular complexity index is 724. The zero-order chi connectivity index (χ0) is 18.4. The van der Waals surface area contributed by atoms with Crippen molar-refractivity contribution in [3.63, 3.8) is 0 Å². The highest BCUT2D eigenvalue weighted by molar-refractivity contribution is 6.36. The Balaban J connectivity index is 1.49. The van der Waals surface area contributed by atoms with Crippen molar-refractivity contribution < 1.29 is 9.53 Å². The molecule has 138 valence electrons. The van der Waals surface area contributed by atoms with Gasteiger partial charge in [0.1, 0.15) is 0 Å². The lowest BCUT2D eigenvalue weighted by molar-refractivity contribution is -0.120. The van der Waals surface area contributed by atoms with Gasteiger partial charge in [-0.3, -0.25) is 9.69 Å². The topological polar surface area (TPSA) is 41.6 Å². The molecule has 1 fully saturated rings. The summed E-state index contributed by atoms with van der Waals surface area (Å²) in [5.74, 6) is -0.0996. The molecule has 26 heavy (non-hydrogen) atoms. The average Bonchev–Trinajstić information content (AvgIpc) is 2.65. The molecular weight excluding hydrogens is 371 g/mol. The fourth-order valence-corrected chi connectivity index (χ4v) is 3.44. The van der Waals surface area contributed by atoms with Crippen LogP contribution in [-0.4, -0.2) is 37.1 Å². The van der Waals surface area contributed by atoms with E-state index in [1.807, 2.05) is 0 Å². The van der Waals surface area contributed by atoms with Crippen molar-refractivity contribution >= 4 is 29.1 Å². The summed E-state index contributed by atoms with van der Waals surface area (Å²) in [6.07, 6.45) is 0.174. The summed E-state index contributed by atoms with van der Waals surface area (Å²) in [4.78, 5) is 14.6. The summed E-state index contributed by atoms with van der Waals surface area (Å²) in [6.45, 7) is 4.98. The molecule has 1 aliphatic heterocycles. The maximum Gasteiger partial charge on any atom is 0.224 e. The third-order valence-electron chi connectivity index (χ3n) is 4.42. The molecular formula is C20H22Cl2N2O2. The van der Waals surface area contributed by atoms with Crippen LogP contribution in [0.15, 0.2) is 42.5 Å². The van der Waals surface area contributed by atoms with Crippen LogP contribution < -0.4 is 5.32 Å². The summed E-state index contributed by atoms with van der Waals surface area (Å²) in [5.41, 5.74) is 2.99. The minimum atomic E-state index is -0.0996. The molecule has 4 nitrogen and oxygen atoms in total. The molecule has 0 bridgehead atoms. The SMILES string of the molecule is O=C(Cc1c(Cl)cccc1Cl)NCc1ccc(CN2CCOCC2)cc1. The average molecular weight is 393 g/mol. The van der Waals surface area contributed by atoms with Gasteiger partial charge in [0, 0.05) is 36.2 Å². The van der Waals surface area contributed by atoms with E-state index >= 15 is 0 Å². The summed E-state index contributed by atoms with van der Waals surface area (Å²) in [5, 5.41) is 3.95. The van der Waals surface area contributed by atoms with E-state index < -0.39 is 0 Å². The summed E-state index contributed by atoms with van der Waals surface area (Å²) in [7, 11) is 0. The second-order valence-electron chi connectivity index (χ2n) is 6.36. The highest BCUT2D eigenvalue weighted by atomic mass is 35.5. The van der Waals surface area contributed by atoms with Gasteiger partial charge in [-0.15, -0.1) is 0 Å². The molecule has 0 unspecified atom stereocenters. The Labute approximate surface area is 164 Å². The fraction of sp³-hybridized carbons (Fsp3) is 0.350. The number of hydrogen-bond acceptors (Lipinski definition) is 3. The van der Waals surface area contributed by atoms with Gasteiger partial charge in [-0.1, -0.05) is 53.5 Å². The van der Waals surface area contributed by atoms with Crippen LogP contribution in [0.3, 0.4) is 0 Å². The monoisotopic (exact) mass is 392 g/mol. The number of carbonyl (C=O) groups is 1. The van der Waals surface area contributed by atoms with Gasteiger partial charge in [-0.2, -0.15) is 0 Å². The van der Waals surface area contributed by atoms with Crippen LogP contribution in [0.4, 0.5) is 0 Å². The molecule has 2 aromatic carbocycles. The van der Waals surface area contributed by atoms with E-state index in [4.69, 9.17) is 27.9 Å². The van der Waals surface area contributed by atoms with E-state index in [1.165, 1.54) is 5.56 Å². The minimum Gasteiger partial charge on any atom is -0.379 e. The van der Waals surface area contributed by atoms with E-state index in [0.29, 0.717) is 22.2 Å². The number of morpholine rings is 1. The molecule has 3 rings (SSSR count). The number of nitrogens with zero attached hydrogens (tertiary/aromatic N) is 1. The Kier molecular flexibility index (Phi) is 6.92. The Morgan fingerprint density at radius 2 is 1.62 bits per heavy atom. The lowest BCUT2D eigenvalue weighted by atomic mass is 10.1. The molecule has 0 spiro atoms. The molecule has 1 N–H and O–H groups in total. The quantitative estimate of drug-likeness (QED) is 0.814. The van der Waals surface area contributed by atoms with E-state index in [1.54, 1.807) is 18.2 Å². The van der Waals surface area contributed by atoms with E-state index in [0.717, 1.165) is 38.4 Å². The first kappa shape index (κ1) is 19.2. The zero-order valence-electron chi connectivity index (χ0n) is 14.5. The number of halogens is 2. The maximum atomic E-state index is 12.2. The molecule has 2 aromatic rings. The fourth-order valence-electron chi connectivity index (χ4n) is 2.90. The van der Waals surface area contributed by atoms with Crippen LogP contribution in [0.2, 0.25) is 10.0 Å². The smallest absolute Gasteiger partial charge is 0.224 e. The number of benzene rings is 2. The standard InChI is InChI=1S/C20H22Cl2N2O2/c21-18-2-1-3-19(22)17(18)12-20(25)23-13-15-4-6-16(7-5-15)14-24-8-10-26-11-9-24/h1-7H,8-14H2,(H,23,25). The highest BCUT2D eigenvalue weighted by Gasteiger charge is 2.12. The van der Waals surface area contributed by atoms with Crippen molar-refractivity contribution in [2.24, 2.45) is 0 Å². The molecule has 0 radical (unpaired) electrons. The third kappa shape index (κ3) is 5.45. The lowest BCUT2D eigenvalue weighted by Crippen LogP contribution is -2.35. The number of nitrogens with one attached hydrogen (secondary N) is 1. The molecule has 1 aliphatic rings. The van der Waals surface area contributed by atoms with Crippen LogP contribution in [-0.2, 0) is 29.0 Å². The summed E-state index contributed by atoms with van der Waals surface area (Å²) < 4.78 is 5.37. The molecule has 0 aliphatic carbocycles. The lowest BCUT2D eigenvalue weighted by Gasteiger charge is -2.26. The largest absolute Gasteiger partial charge is 0.379 e. The maximum absolute atomic E-state index is 12.2. The molecule has 1 heterocycles. The number of ether oxygens (including phenoxy) is 1. The van der Waals surface area contributed by atoms with Crippen molar-refractivity contribution in [2.45, 2.75) is 19.5 Å². The first-order valence-electron chi connectivity index (χ1n) is 8.69. The van der Waals surface area contributed by atoms with Gasteiger partial charge >= 0.3 is 0 Å². The number of rotatable bonds is 6. The molecule has 0 saturated carbocycles. The van der Waals surface area contributed by atoms with Crippen molar-refractivity contribution in [3.8, 4) is 0 Å². The zero-order valence-corrected chi connectivity index (χ0v) is 16.0. The van der Waals surface area contributed by atoms with Crippen LogP contribution in [0.5, 0.6) is 0 Å². The van der Waals surface area contributed by atoms with Gasteiger partial charge in [0.05, 0.1) is 19.6 Å². The first-order chi connectivity index (χ1) is 12.6. The third-order valence-corrected chi connectivity index (χ3v) is 5.13. The van der Waals surface area contributed by atoms with Crippen LogP contribution in [0.25, 0.3) is 0 Å². The van der Waals surface area contributed by atoms with Crippen LogP contribution in [0.1, 0.15) is 16.7 Å². The van der Waals surface area contributed by atoms with Gasteiger partial charge in [0.15, 0.2) is 0 Å².